The number of carboxylic acid groups (broad SMARTS) is 2. The van der Waals surface area contributed by atoms with Crippen LogP contribution in [0.4, 0.5) is 0 Å². The predicted octanol–water partition coefficient (Wildman–Crippen LogP) is 3.06. The average molecular weight is 916 g/mol. The highest BCUT2D eigenvalue weighted by Crippen LogP contribution is 2.12. The minimum Gasteiger partial charge on any atom is -0.481 e. The largest absolute Gasteiger partial charge is 0.481 e. The van der Waals surface area contributed by atoms with Crippen LogP contribution in [-0.2, 0) is 47.7 Å². The van der Waals surface area contributed by atoms with Gasteiger partial charge in [-0.25, -0.2) is 4.79 Å². The third kappa shape index (κ3) is 37.1. The van der Waals surface area contributed by atoms with Crippen LogP contribution in [0.1, 0.15) is 116 Å². The lowest BCUT2D eigenvalue weighted by molar-refractivity contribution is -0.142. The van der Waals surface area contributed by atoms with E-state index in [0.29, 0.717) is 39.4 Å². The van der Waals surface area contributed by atoms with Gasteiger partial charge in [-0.2, -0.15) is 0 Å². The Hall–Kier alpha value is -2.49. The van der Waals surface area contributed by atoms with Crippen LogP contribution in [0.5, 0.6) is 0 Å². The Kier molecular flexibility index (Phi) is 37.6. The summed E-state index contributed by atoms with van der Waals surface area (Å²) in [5.74, 6) is -2.73. The van der Waals surface area contributed by atoms with Gasteiger partial charge in [-0.05, 0) is 45.6 Å². The van der Waals surface area contributed by atoms with Gasteiger partial charge < -0.3 is 50.4 Å². The number of halogens is 1. The van der Waals surface area contributed by atoms with E-state index < -0.39 is 18.0 Å². The van der Waals surface area contributed by atoms with E-state index in [1.807, 2.05) is 22.9 Å². The molecule has 0 aromatic heterocycles. The van der Waals surface area contributed by atoms with Crippen molar-refractivity contribution in [2.45, 2.75) is 128 Å². The number of unbranched alkanes of at least 4 members (excludes halogenated alkanes) is 10. The second-order valence-corrected chi connectivity index (χ2v) is 14.2. The van der Waals surface area contributed by atoms with Crippen molar-refractivity contribution in [3.63, 3.8) is 0 Å². The van der Waals surface area contributed by atoms with Crippen molar-refractivity contribution >= 4 is 58.3 Å². The van der Waals surface area contributed by atoms with Gasteiger partial charge in [0, 0.05) is 61.8 Å². The van der Waals surface area contributed by atoms with Gasteiger partial charge in [-0.3, -0.25) is 27.5 Å². The van der Waals surface area contributed by atoms with Crippen molar-refractivity contribution in [1.29, 1.82) is 0 Å². The fourth-order valence-electron chi connectivity index (χ4n) is 5.35. The first-order chi connectivity index (χ1) is 27.1. The summed E-state index contributed by atoms with van der Waals surface area (Å²) in [6.45, 7) is 6.11. The molecule has 0 radical (unpaired) electrons. The van der Waals surface area contributed by atoms with Crippen LogP contribution in [0.25, 0.3) is 0 Å². The standard InChI is InChI=1S/C38H70IN5O12/c1-31(45)32(44-39)14-12-13-19-40-20-23-53-26-27-54-25-22-42-36(48)30-56-29-28-55-24-21-41-34(46)18-17-33(38(51)52)43-35(47)15-10-8-6-4-2-3-5-7-9-11-16-37(49)50/h32-33,40,44H,2-30H2,1H3,(H,41,46)(H,42,48)(H,43,47)(H,49,50)(H,51,52)/t32-,33-/m0/s1. The van der Waals surface area contributed by atoms with Crippen LogP contribution in [0.2, 0.25) is 0 Å². The molecule has 326 valence electrons. The number of carbonyl (C=O) groups excluding carboxylic acids is 4. The van der Waals surface area contributed by atoms with E-state index in [1.165, 1.54) is 0 Å². The van der Waals surface area contributed by atoms with Crippen LogP contribution in [0.3, 0.4) is 0 Å². The Bertz CT molecular complexity index is 1060. The Morgan fingerprint density at radius 1 is 0.518 bits per heavy atom. The molecule has 0 aromatic rings. The van der Waals surface area contributed by atoms with Gasteiger partial charge >= 0.3 is 11.9 Å². The summed E-state index contributed by atoms with van der Waals surface area (Å²) in [7, 11) is 0. The number of carboxylic acids is 2. The topological polar surface area (TPSA) is 240 Å². The molecule has 0 aliphatic heterocycles. The molecule has 2 atom stereocenters. The van der Waals surface area contributed by atoms with Gasteiger partial charge in [0.25, 0.3) is 0 Å². The number of nitrogens with one attached hydrogen (secondary N) is 5. The Labute approximate surface area is 347 Å². The highest BCUT2D eigenvalue weighted by molar-refractivity contribution is 14.1. The molecule has 0 fully saturated rings. The van der Waals surface area contributed by atoms with Crippen molar-refractivity contribution in [2.75, 3.05) is 79.0 Å². The highest BCUT2D eigenvalue weighted by Gasteiger charge is 2.21. The summed E-state index contributed by atoms with van der Waals surface area (Å²) in [5, 5.41) is 29.3. The second kappa shape index (κ2) is 39.3. The third-order valence-electron chi connectivity index (χ3n) is 8.59. The number of amides is 3. The number of ether oxygens (including phenoxy) is 4. The van der Waals surface area contributed by atoms with Crippen LogP contribution >= 0.6 is 22.9 Å². The van der Waals surface area contributed by atoms with Crippen LogP contribution < -0.4 is 24.8 Å². The van der Waals surface area contributed by atoms with Gasteiger partial charge in [-0.1, -0.05) is 57.8 Å². The fourth-order valence-corrected chi connectivity index (χ4v) is 6.10. The summed E-state index contributed by atoms with van der Waals surface area (Å²) in [5.41, 5.74) is 0. The molecule has 0 rings (SSSR count). The number of Topliss-reactive ketones (excluding diaryl/α,β-unsaturated/α-hetero) is 1. The first kappa shape index (κ1) is 53.5. The van der Waals surface area contributed by atoms with E-state index >= 15 is 0 Å². The van der Waals surface area contributed by atoms with Crippen molar-refractivity contribution in [3.8, 4) is 0 Å². The first-order valence-electron chi connectivity index (χ1n) is 20.2. The zero-order valence-electron chi connectivity index (χ0n) is 33.5. The molecule has 0 saturated heterocycles. The zero-order chi connectivity index (χ0) is 41.5. The Morgan fingerprint density at radius 2 is 1.04 bits per heavy atom. The van der Waals surface area contributed by atoms with Gasteiger partial charge in [0.15, 0.2) is 0 Å². The van der Waals surface area contributed by atoms with E-state index in [1.54, 1.807) is 6.92 Å². The van der Waals surface area contributed by atoms with Gasteiger partial charge in [0.2, 0.25) is 17.7 Å². The molecule has 17 nitrogen and oxygen atoms in total. The van der Waals surface area contributed by atoms with E-state index in [0.717, 1.165) is 90.1 Å². The molecule has 0 saturated carbocycles. The maximum atomic E-state index is 12.3. The van der Waals surface area contributed by atoms with Gasteiger partial charge in [-0.15, -0.1) is 0 Å². The molecule has 0 spiro atoms. The molecule has 56 heavy (non-hydrogen) atoms. The smallest absolute Gasteiger partial charge is 0.326 e. The predicted molar refractivity (Wildman–Crippen MR) is 219 cm³/mol. The number of hydrogen-bond donors (Lipinski definition) is 7. The molecule has 0 aliphatic rings. The quantitative estimate of drug-likeness (QED) is 0.0265. The lowest BCUT2D eigenvalue weighted by Gasteiger charge is -2.14. The number of rotatable bonds is 42. The molecule has 18 heteroatoms. The van der Waals surface area contributed by atoms with E-state index in [9.17, 15) is 33.9 Å². The number of aliphatic carboxylic acids is 2. The maximum Gasteiger partial charge on any atom is 0.326 e. The van der Waals surface area contributed by atoms with E-state index in [-0.39, 0.29) is 88.2 Å². The summed E-state index contributed by atoms with van der Waals surface area (Å²) < 4.78 is 24.6. The lowest BCUT2D eigenvalue weighted by atomic mass is 10.0. The number of hydrogen-bond acceptors (Lipinski definition) is 12. The molecule has 3 amide bonds. The zero-order valence-corrected chi connectivity index (χ0v) is 35.7. The molecule has 7 N–H and O–H groups in total. The summed E-state index contributed by atoms with van der Waals surface area (Å²) >= 11 is 2.02. The maximum absolute atomic E-state index is 12.3. The van der Waals surface area contributed by atoms with Gasteiger partial charge in [0.05, 0.1) is 52.3 Å². The minimum atomic E-state index is -1.19. The number of carbonyl (C=O) groups is 6. The third-order valence-corrected chi connectivity index (χ3v) is 9.35. The summed E-state index contributed by atoms with van der Waals surface area (Å²) in [4.78, 5) is 69.8. The molecule has 0 bridgehead atoms. The fraction of sp³-hybridized carbons (Fsp3) is 0.842. The van der Waals surface area contributed by atoms with E-state index in [4.69, 9.17) is 24.1 Å². The Morgan fingerprint density at radius 3 is 1.57 bits per heavy atom. The van der Waals surface area contributed by atoms with Crippen molar-refractivity contribution in [1.82, 2.24) is 24.8 Å². The monoisotopic (exact) mass is 915 g/mol. The molecular weight excluding hydrogens is 845 g/mol. The Balaban J connectivity index is 3.62. The van der Waals surface area contributed by atoms with Crippen molar-refractivity contribution in [2.24, 2.45) is 0 Å². The first-order valence-corrected chi connectivity index (χ1v) is 21.3. The average Bonchev–Trinajstić information content (AvgIpc) is 3.15. The molecule has 0 heterocycles. The molecule has 0 unspecified atom stereocenters. The van der Waals surface area contributed by atoms with Crippen LogP contribution in [0, 0.1) is 0 Å². The van der Waals surface area contributed by atoms with Crippen molar-refractivity contribution < 1.29 is 57.9 Å². The summed E-state index contributed by atoms with van der Waals surface area (Å²) in [6, 6.07) is -1.21. The minimum absolute atomic E-state index is 0.0246. The van der Waals surface area contributed by atoms with Crippen molar-refractivity contribution in [3.05, 3.63) is 0 Å². The molecule has 0 aliphatic carbocycles. The summed E-state index contributed by atoms with van der Waals surface area (Å²) in [6.07, 6.45) is 12.9. The SMILES string of the molecule is CC(=O)[C@H](CCCCNCCOCCOCCNC(=O)COCCOCCNC(=O)CC[C@H](NC(=O)CCCCCCCCCCCCC(=O)O)C(=O)O)NI. The molecule has 0 aromatic carbocycles. The molecular formula is C38H70IN5O12. The normalized spacial score (nSPS) is 12.2. The van der Waals surface area contributed by atoms with Crippen LogP contribution in [0.15, 0.2) is 0 Å². The van der Waals surface area contributed by atoms with Crippen LogP contribution in [-0.4, -0.2) is 137 Å². The number of ketones is 1. The second-order valence-electron chi connectivity index (χ2n) is 13.5. The van der Waals surface area contributed by atoms with Gasteiger partial charge in [0.1, 0.15) is 18.4 Å². The highest BCUT2D eigenvalue weighted by atomic mass is 127. The lowest BCUT2D eigenvalue weighted by Crippen LogP contribution is -2.41. The van der Waals surface area contributed by atoms with E-state index in [2.05, 4.69) is 24.8 Å².